The number of carbonyl (C=O) groups is 2. The first-order valence-corrected chi connectivity index (χ1v) is 14.5. The second kappa shape index (κ2) is 13.6. The molecule has 0 heterocycles. The van der Waals surface area contributed by atoms with Gasteiger partial charge in [-0.3, -0.25) is 13.9 Å². The lowest BCUT2D eigenvalue weighted by molar-refractivity contribution is -0.139. The maximum atomic E-state index is 13.8. The van der Waals surface area contributed by atoms with Crippen LogP contribution in [0.4, 0.5) is 5.69 Å². The van der Waals surface area contributed by atoms with Crippen LogP contribution in [0.2, 0.25) is 10.0 Å². The molecule has 38 heavy (non-hydrogen) atoms. The Balaban J connectivity index is 2.01. The van der Waals surface area contributed by atoms with E-state index in [1.165, 1.54) is 29.2 Å². The molecule has 202 valence electrons. The van der Waals surface area contributed by atoms with Crippen molar-refractivity contribution in [2.45, 2.75) is 44.2 Å². The third-order valence-corrected chi connectivity index (χ3v) is 8.59. The molecule has 0 radical (unpaired) electrons. The number of rotatable bonds is 12. The molecule has 2 amide bonds. The number of halogens is 2. The highest BCUT2D eigenvalue weighted by Gasteiger charge is 2.33. The van der Waals surface area contributed by atoms with E-state index in [2.05, 4.69) is 5.32 Å². The van der Waals surface area contributed by atoms with E-state index >= 15 is 0 Å². The van der Waals surface area contributed by atoms with Crippen LogP contribution in [-0.4, -0.2) is 44.3 Å². The Morgan fingerprint density at radius 2 is 1.55 bits per heavy atom. The number of hydrogen-bond donors (Lipinski definition) is 1. The van der Waals surface area contributed by atoms with Crippen molar-refractivity contribution >= 4 is 50.7 Å². The minimum absolute atomic E-state index is 0.00133. The predicted molar refractivity (Wildman–Crippen MR) is 152 cm³/mol. The van der Waals surface area contributed by atoms with E-state index in [0.29, 0.717) is 6.54 Å². The van der Waals surface area contributed by atoms with Gasteiger partial charge in [-0.15, -0.1) is 0 Å². The Morgan fingerprint density at radius 3 is 2.18 bits per heavy atom. The smallest absolute Gasteiger partial charge is 0.264 e. The molecule has 7 nitrogen and oxygen atoms in total. The normalized spacial score (nSPS) is 12.0. The second-order valence-corrected chi connectivity index (χ2v) is 11.4. The van der Waals surface area contributed by atoms with Crippen molar-refractivity contribution in [2.24, 2.45) is 0 Å². The lowest BCUT2D eigenvalue weighted by Gasteiger charge is -2.32. The van der Waals surface area contributed by atoms with Crippen LogP contribution in [-0.2, 0) is 26.2 Å². The van der Waals surface area contributed by atoms with Crippen molar-refractivity contribution in [3.8, 4) is 0 Å². The summed E-state index contributed by atoms with van der Waals surface area (Å²) in [5.41, 5.74) is 0.864. The van der Waals surface area contributed by atoms with Crippen molar-refractivity contribution in [3.05, 3.63) is 94.5 Å². The Kier molecular flexibility index (Phi) is 10.6. The molecule has 3 aromatic carbocycles. The fourth-order valence-electron chi connectivity index (χ4n) is 3.82. The second-order valence-electron chi connectivity index (χ2n) is 8.73. The third kappa shape index (κ3) is 7.28. The molecular weight excluding hydrogens is 545 g/mol. The zero-order chi connectivity index (χ0) is 27.7. The largest absolute Gasteiger partial charge is 0.354 e. The minimum atomic E-state index is -4.22. The number of hydrogen-bond acceptors (Lipinski definition) is 4. The first-order valence-electron chi connectivity index (χ1n) is 12.3. The average Bonchev–Trinajstić information content (AvgIpc) is 2.92. The first-order chi connectivity index (χ1) is 18.2. The van der Waals surface area contributed by atoms with Crippen LogP contribution in [0.15, 0.2) is 83.8 Å². The summed E-state index contributed by atoms with van der Waals surface area (Å²) < 4.78 is 28.5. The number of unbranched alkanes of at least 4 members (excludes halogenated alkanes) is 1. The molecule has 0 aliphatic heterocycles. The molecular formula is C28H31Cl2N3O4S. The molecule has 0 saturated carbocycles. The number of amides is 2. The van der Waals surface area contributed by atoms with Gasteiger partial charge in [0.1, 0.15) is 12.6 Å². The van der Waals surface area contributed by atoms with Gasteiger partial charge in [0.15, 0.2) is 0 Å². The van der Waals surface area contributed by atoms with E-state index in [1.54, 1.807) is 31.2 Å². The van der Waals surface area contributed by atoms with Gasteiger partial charge in [0, 0.05) is 13.1 Å². The molecule has 1 N–H and O–H groups in total. The Morgan fingerprint density at radius 1 is 0.921 bits per heavy atom. The predicted octanol–water partition coefficient (Wildman–Crippen LogP) is 5.52. The molecule has 0 aliphatic rings. The van der Waals surface area contributed by atoms with E-state index in [4.69, 9.17) is 23.2 Å². The molecule has 0 unspecified atom stereocenters. The van der Waals surface area contributed by atoms with Gasteiger partial charge < -0.3 is 10.2 Å². The van der Waals surface area contributed by atoms with Crippen molar-refractivity contribution in [1.29, 1.82) is 0 Å². The van der Waals surface area contributed by atoms with Crippen LogP contribution in [0.1, 0.15) is 32.3 Å². The minimum Gasteiger partial charge on any atom is -0.354 e. The van der Waals surface area contributed by atoms with Gasteiger partial charge in [0.2, 0.25) is 11.8 Å². The lowest BCUT2D eigenvalue weighted by atomic mass is 10.1. The Labute approximate surface area is 234 Å². The van der Waals surface area contributed by atoms with E-state index in [9.17, 15) is 18.0 Å². The van der Waals surface area contributed by atoms with Gasteiger partial charge >= 0.3 is 0 Å². The molecule has 0 fully saturated rings. The van der Waals surface area contributed by atoms with Gasteiger partial charge in [-0.1, -0.05) is 91.1 Å². The highest BCUT2D eigenvalue weighted by atomic mass is 35.5. The van der Waals surface area contributed by atoms with Crippen molar-refractivity contribution in [2.75, 3.05) is 17.4 Å². The van der Waals surface area contributed by atoms with Crippen LogP contribution in [0.3, 0.4) is 0 Å². The molecule has 1 atom stereocenters. The fraction of sp³-hybridized carbons (Fsp3) is 0.286. The first kappa shape index (κ1) is 29.5. The van der Waals surface area contributed by atoms with E-state index in [-0.39, 0.29) is 33.1 Å². The maximum Gasteiger partial charge on any atom is 0.264 e. The van der Waals surface area contributed by atoms with Crippen molar-refractivity contribution < 1.29 is 18.0 Å². The Hall–Kier alpha value is -3.07. The molecule has 3 aromatic rings. The monoisotopic (exact) mass is 575 g/mol. The van der Waals surface area contributed by atoms with Crippen LogP contribution in [0.25, 0.3) is 0 Å². The topological polar surface area (TPSA) is 86.8 Å². The number of nitrogens with one attached hydrogen (secondary N) is 1. The lowest BCUT2D eigenvalue weighted by Crippen LogP contribution is -2.51. The van der Waals surface area contributed by atoms with Gasteiger partial charge in [0.05, 0.1) is 20.6 Å². The van der Waals surface area contributed by atoms with E-state index < -0.39 is 28.5 Å². The van der Waals surface area contributed by atoms with Gasteiger partial charge in [0.25, 0.3) is 10.0 Å². The molecule has 0 saturated heterocycles. The molecule has 0 aliphatic carbocycles. The van der Waals surface area contributed by atoms with Crippen LogP contribution >= 0.6 is 23.2 Å². The summed E-state index contributed by atoms with van der Waals surface area (Å²) in [5, 5.41) is 3.01. The molecule has 0 spiro atoms. The summed E-state index contributed by atoms with van der Waals surface area (Å²) in [4.78, 5) is 28.2. The van der Waals surface area contributed by atoms with Crippen LogP contribution in [0, 0.1) is 0 Å². The average molecular weight is 577 g/mol. The molecule has 0 bridgehead atoms. The highest BCUT2D eigenvalue weighted by Crippen LogP contribution is 2.35. The SMILES string of the molecule is CCCCNC(=O)[C@@H](C)N(Cc1ccccc1)C(=O)CN(c1cccc(Cl)c1Cl)S(=O)(=O)c1ccccc1. The summed E-state index contributed by atoms with van der Waals surface area (Å²) >= 11 is 12.6. The summed E-state index contributed by atoms with van der Waals surface area (Å²) in [6.07, 6.45) is 1.72. The highest BCUT2D eigenvalue weighted by molar-refractivity contribution is 7.92. The summed E-state index contributed by atoms with van der Waals surface area (Å²) in [5.74, 6) is -0.886. The summed E-state index contributed by atoms with van der Waals surface area (Å²) in [7, 11) is -4.22. The van der Waals surface area contributed by atoms with E-state index in [0.717, 1.165) is 22.7 Å². The fourth-order valence-corrected chi connectivity index (χ4v) is 5.71. The third-order valence-electron chi connectivity index (χ3n) is 6.00. The number of nitrogens with zero attached hydrogens (tertiary/aromatic N) is 2. The summed E-state index contributed by atoms with van der Waals surface area (Å²) in [6.45, 7) is 3.66. The molecule has 3 rings (SSSR count). The number of sulfonamides is 1. The maximum absolute atomic E-state index is 13.8. The van der Waals surface area contributed by atoms with Gasteiger partial charge in [-0.25, -0.2) is 8.42 Å². The zero-order valence-corrected chi connectivity index (χ0v) is 23.6. The summed E-state index contributed by atoms with van der Waals surface area (Å²) in [6, 6.07) is 20.7. The molecule has 10 heteroatoms. The van der Waals surface area contributed by atoms with Crippen molar-refractivity contribution in [1.82, 2.24) is 10.2 Å². The van der Waals surface area contributed by atoms with Crippen LogP contribution < -0.4 is 9.62 Å². The van der Waals surface area contributed by atoms with E-state index in [1.807, 2.05) is 37.3 Å². The number of carbonyl (C=O) groups excluding carboxylic acids is 2. The van der Waals surface area contributed by atoms with Gasteiger partial charge in [-0.2, -0.15) is 0 Å². The van der Waals surface area contributed by atoms with Crippen LogP contribution in [0.5, 0.6) is 0 Å². The Bertz CT molecular complexity index is 1340. The number of anilines is 1. The van der Waals surface area contributed by atoms with Crippen molar-refractivity contribution in [3.63, 3.8) is 0 Å². The standard InChI is InChI=1S/C28H31Cl2N3O4S/c1-3-4-18-31-28(35)21(2)32(19-22-12-7-5-8-13-22)26(34)20-33(25-17-11-16-24(29)27(25)30)38(36,37)23-14-9-6-10-15-23/h5-17,21H,3-4,18-20H2,1-2H3,(H,31,35)/t21-/m1/s1. The number of benzene rings is 3. The zero-order valence-electron chi connectivity index (χ0n) is 21.3. The van der Waals surface area contributed by atoms with Gasteiger partial charge in [-0.05, 0) is 43.2 Å². The molecule has 0 aromatic heterocycles. The quantitative estimate of drug-likeness (QED) is 0.288.